The Kier molecular flexibility index (Phi) is 39.0. The van der Waals surface area contributed by atoms with Crippen LogP contribution in [0.2, 0.25) is 0 Å². The fraction of sp³-hybridized carbons (Fsp3) is 0.792. The maximum atomic E-state index is 12.7. The summed E-state index contributed by atoms with van der Waals surface area (Å²) in [6.45, 7) is 4.27. The van der Waals surface area contributed by atoms with Gasteiger partial charge < -0.3 is 18.9 Å². The zero-order valence-electron chi connectivity index (χ0n) is 38.0. The molecule has 0 heterocycles. The normalized spacial score (nSPS) is 14.0. The molecule has 9 nitrogen and oxygen atoms in total. The van der Waals surface area contributed by atoms with Crippen LogP contribution in [-0.4, -0.2) is 74.9 Å². The van der Waals surface area contributed by atoms with Gasteiger partial charge in [0.1, 0.15) is 19.8 Å². The topological polar surface area (TPSA) is 108 Å². The lowest BCUT2D eigenvalue weighted by Gasteiger charge is -2.24. The highest BCUT2D eigenvalue weighted by Crippen LogP contribution is 2.43. The molecule has 338 valence electrons. The van der Waals surface area contributed by atoms with Crippen LogP contribution in [0.4, 0.5) is 0 Å². The Balaban J connectivity index is 4.34. The van der Waals surface area contributed by atoms with E-state index in [9.17, 15) is 19.0 Å². The first-order valence-corrected chi connectivity index (χ1v) is 24.9. The minimum atomic E-state index is -4.38. The minimum Gasteiger partial charge on any atom is -0.462 e. The first-order chi connectivity index (χ1) is 28.0. The molecule has 1 unspecified atom stereocenters. The number of hydrogen-bond donors (Lipinski definition) is 1. The number of allylic oxidation sites excluding steroid dienone is 8. The van der Waals surface area contributed by atoms with Crippen LogP contribution in [-0.2, 0) is 32.7 Å². The van der Waals surface area contributed by atoms with Gasteiger partial charge in [-0.15, -0.1) is 0 Å². The number of quaternary nitrogens is 1. The first-order valence-electron chi connectivity index (χ1n) is 23.4. The Morgan fingerprint density at radius 3 is 1.47 bits per heavy atom. The highest BCUT2D eigenvalue weighted by atomic mass is 31.2. The van der Waals surface area contributed by atoms with Crippen LogP contribution in [0.25, 0.3) is 0 Å². The molecule has 0 saturated carbocycles. The molecule has 10 heteroatoms. The fourth-order valence-corrected chi connectivity index (χ4v) is 6.98. The van der Waals surface area contributed by atoms with E-state index in [1.807, 2.05) is 21.1 Å². The standard InChI is InChI=1S/C48H88NO8P/c1-6-8-10-12-14-16-18-20-22-23-24-25-27-29-31-33-35-37-39-41-48(51)57-46(45-56-58(52,53)55-43-42-49(3,4)5)44-54-47(50)40-38-36-34-32-30-28-26-21-19-17-15-13-11-9-7-2/h9,11,15,17,21,26,30,32,46H,6-8,10,12-14,16,18-20,22-25,27-29,31,33-45H2,1-5H3/p+1/b11-9-,17-15-,26-21-,32-30-/t46-/m1/s1. The monoisotopic (exact) mass is 839 g/mol. The molecule has 0 aliphatic rings. The number of likely N-dealkylation sites (N-methyl/N-ethyl adjacent to an activating group) is 1. The highest BCUT2D eigenvalue weighted by molar-refractivity contribution is 7.47. The summed E-state index contributed by atoms with van der Waals surface area (Å²) in [5, 5.41) is 0. The number of unbranched alkanes of at least 4 members (excludes halogenated alkanes) is 20. The zero-order valence-corrected chi connectivity index (χ0v) is 38.9. The van der Waals surface area contributed by atoms with Gasteiger partial charge in [0.15, 0.2) is 6.10 Å². The van der Waals surface area contributed by atoms with Crippen molar-refractivity contribution in [3.63, 3.8) is 0 Å². The van der Waals surface area contributed by atoms with Crippen LogP contribution in [0.15, 0.2) is 48.6 Å². The summed E-state index contributed by atoms with van der Waals surface area (Å²) in [7, 11) is 1.45. The largest absolute Gasteiger partial charge is 0.472 e. The molecular weight excluding hydrogens is 750 g/mol. The maximum Gasteiger partial charge on any atom is 0.472 e. The number of hydrogen-bond acceptors (Lipinski definition) is 7. The third-order valence-electron chi connectivity index (χ3n) is 9.87. The summed E-state index contributed by atoms with van der Waals surface area (Å²) in [6, 6.07) is 0. The van der Waals surface area contributed by atoms with E-state index in [-0.39, 0.29) is 26.1 Å². The van der Waals surface area contributed by atoms with Crippen molar-refractivity contribution >= 4 is 19.8 Å². The molecule has 0 fully saturated rings. The molecule has 0 saturated heterocycles. The lowest BCUT2D eigenvalue weighted by Crippen LogP contribution is -2.37. The van der Waals surface area contributed by atoms with Crippen LogP contribution < -0.4 is 0 Å². The summed E-state index contributed by atoms with van der Waals surface area (Å²) >= 11 is 0. The van der Waals surface area contributed by atoms with E-state index in [4.69, 9.17) is 18.5 Å². The van der Waals surface area contributed by atoms with Gasteiger partial charge in [-0.2, -0.15) is 0 Å². The van der Waals surface area contributed by atoms with Gasteiger partial charge in [0.2, 0.25) is 0 Å². The Hall–Kier alpha value is -2.03. The Morgan fingerprint density at radius 2 is 0.983 bits per heavy atom. The average molecular weight is 839 g/mol. The van der Waals surface area contributed by atoms with Crippen molar-refractivity contribution in [1.29, 1.82) is 0 Å². The van der Waals surface area contributed by atoms with Crippen LogP contribution in [0.1, 0.15) is 194 Å². The molecule has 0 bridgehead atoms. The predicted molar refractivity (Wildman–Crippen MR) is 243 cm³/mol. The molecule has 0 radical (unpaired) electrons. The van der Waals surface area contributed by atoms with Crippen molar-refractivity contribution in [2.75, 3.05) is 47.5 Å². The SMILES string of the molecule is CC/C=C\C/C=C\C/C=C\C/C=C\CCCCC(=O)OC[C@H](COP(=O)(O)OCC[N+](C)(C)C)OC(=O)CCCCCCCCCCCCCCCCCCCCC. The van der Waals surface area contributed by atoms with E-state index in [0.717, 1.165) is 51.4 Å². The zero-order chi connectivity index (χ0) is 42.8. The van der Waals surface area contributed by atoms with E-state index < -0.39 is 32.5 Å². The van der Waals surface area contributed by atoms with Gasteiger partial charge in [-0.3, -0.25) is 18.6 Å². The first kappa shape index (κ1) is 56.0. The van der Waals surface area contributed by atoms with Crippen LogP contribution in [0.3, 0.4) is 0 Å². The van der Waals surface area contributed by atoms with Gasteiger partial charge in [0, 0.05) is 12.8 Å². The Morgan fingerprint density at radius 1 is 0.552 bits per heavy atom. The third-order valence-corrected chi connectivity index (χ3v) is 10.9. The van der Waals surface area contributed by atoms with Gasteiger partial charge in [-0.25, -0.2) is 4.57 Å². The third kappa shape index (κ3) is 43.5. The van der Waals surface area contributed by atoms with E-state index >= 15 is 0 Å². The number of phosphoric acid groups is 1. The van der Waals surface area contributed by atoms with Gasteiger partial charge >= 0.3 is 19.8 Å². The van der Waals surface area contributed by atoms with Crippen LogP contribution in [0, 0.1) is 0 Å². The van der Waals surface area contributed by atoms with Crippen molar-refractivity contribution in [1.82, 2.24) is 0 Å². The quantitative estimate of drug-likeness (QED) is 0.0213. The van der Waals surface area contributed by atoms with Gasteiger partial charge in [0.05, 0.1) is 27.7 Å². The summed E-state index contributed by atoms with van der Waals surface area (Å²) in [5.74, 6) is -0.843. The molecule has 0 spiro atoms. The van der Waals surface area contributed by atoms with Gasteiger partial charge in [-0.1, -0.05) is 178 Å². The molecule has 2 atom stereocenters. The number of ether oxygens (including phenoxy) is 2. The van der Waals surface area contributed by atoms with Gasteiger partial charge in [0.25, 0.3) is 0 Å². The van der Waals surface area contributed by atoms with Crippen molar-refractivity contribution in [2.45, 2.75) is 200 Å². The van der Waals surface area contributed by atoms with Crippen LogP contribution >= 0.6 is 7.82 Å². The van der Waals surface area contributed by atoms with E-state index in [1.165, 1.54) is 103 Å². The summed E-state index contributed by atoms with van der Waals surface area (Å²) in [5.41, 5.74) is 0. The van der Waals surface area contributed by atoms with Gasteiger partial charge in [-0.05, 0) is 51.4 Å². The smallest absolute Gasteiger partial charge is 0.462 e. The van der Waals surface area contributed by atoms with E-state index in [2.05, 4.69) is 62.5 Å². The second-order valence-electron chi connectivity index (χ2n) is 16.8. The summed E-state index contributed by atoms with van der Waals surface area (Å²) in [4.78, 5) is 35.4. The van der Waals surface area contributed by atoms with Crippen molar-refractivity contribution in [2.24, 2.45) is 0 Å². The summed E-state index contributed by atoms with van der Waals surface area (Å²) in [6.07, 6.45) is 47.4. The molecular formula is C48H89NO8P+. The molecule has 1 N–H and O–H groups in total. The second-order valence-corrected chi connectivity index (χ2v) is 18.2. The molecule has 0 aliphatic heterocycles. The molecule has 0 aliphatic carbocycles. The Bertz CT molecular complexity index is 1130. The average Bonchev–Trinajstić information content (AvgIpc) is 3.17. The van der Waals surface area contributed by atoms with Crippen molar-refractivity contribution < 1.29 is 42.1 Å². The minimum absolute atomic E-state index is 0.0248. The number of nitrogens with zero attached hydrogens (tertiary/aromatic N) is 1. The lowest BCUT2D eigenvalue weighted by molar-refractivity contribution is -0.870. The fourth-order valence-electron chi connectivity index (χ4n) is 6.24. The van der Waals surface area contributed by atoms with Crippen molar-refractivity contribution in [3.8, 4) is 0 Å². The number of phosphoric ester groups is 1. The number of rotatable bonds is 42. The molecule has 0 aromatic carbocycles. The number of carbonyl (C=O) groups excluding carboxylic acids is 2. The molecule has 0 rings (SSSR count). The van der Waals surface area contributed by atoms with Crippen LogP contribution in [0.5, 0.6) is 0 Å². The maximum absolute atomic E-state index is 12.7. The molecule has 0 aromatic heterocycles. The summed E-state index contributed by atoms with van der Waals surface area (Å²) < 4.78 is 34.3. The van der Waals surface area contributed by atoms with Crippen molar-refractivity contribution in [3.05, 3.63) is 48.6 Å². The predicted octanol–water partition coefficient (Wildman–Crippen LogP) is 13.5. The molecule has 0 aromatic rings. The van der Waals surface area contributed by atoms with E-state index in [0.29, 0.717) is 23.9 Å². The number of carbonyl (C=O) groups is 2. The number of esters is 2. The second kappa shape index (κ2) is 40.4. The molecule has 58 heavy (non-hydrogen) atoms. The Labute approximate surface area is 356 Å². The molecule has 0 amide bonds. The lowest BCUT2D eigenvalue weighted by atomic mass is 10.0. The highest BCUT2D eigenvalue weighted by Gasteiger charge is 2.27. The van der Waals surface area contributed by atoms with E-state index in [1.54, 1.807) is 0 Å².